The van der Waals surface area contributed by atoms with Gasteiger partial charge in [0.2, 0.25) is 11.5 Å². The monoisotopic (exact) mass is 298 g/mol. The van der Waals surface area contributed by atoms with E-state index in [0.29, 0.717) is 6.42 Å². The first-order valence-electron chi connectivity index (χ1n) is 7.28. The van der Waals surface area contributed by atoms with Crippen molar-refractivity contribution in [1.82, 2.24) is 0 Å². The molecule has 0 aromatic carbocycles. The largest absolute Gasteiger partial charge is 0.494 e. The lowest BCUT2D eigenvalue weighted by Crippen LogP contribution is -2.40. The summed E-state index contributed by atoms with van der Waals surface area (Å²) in [6, 6.07) is 0. The topological polar surface area (TPSA) is 76.0 Å². The van der Waals surface area contributed by atoms with Crippen LogP contribution in [0.1, 0.15) is 33.1 Å². The van der Waals surface area contributed by atoms with Gasteiger partial charge in [-0.15, -0.1) is 0 Å². The molecular weight excluding hydrogens is 272 g/mol. The van der Waals surface area contributed by atoms with E-state index in [-0.39, 0.29) is 35.7 Å². The van der Waals surface area contributed by atoms with Crippen LogP contribution < -0.4 is 0 Å². The molecule has 1 aliphatic carbocycles. The van der Waals surface area contributed by atoms with E-state index >= 15 is 0 Å². The first kappa shape index (κ1) is 17.7. The fraction of sp³-hybridized carbons (Fsp3) is 0.688. The lowest BCUT2D eigenvalue weighted by atomic mass is 9.77. The van der Waals surface area contributed by atoms with Crippen molar-refractivity contribution < 1.29 is 24.5 Å². The summed E-state index contributed by atoms with van der Waals surface area (Å²) < 4.78 is 10.2. The highest BCUT2D eigenvalue weighted by Gasteiger charge is 2.42. The van der Waals surface area contributed by atoms with Crippen LogP contribution in [-0.2, 0) is 14.3 Å². The summed E-state index contributed by atoms with van der Waals surface area (Å²) in [5.41, 5.74) is 1.15. The van der Waals surface area contributed by atoms with Crippen molar-refractivity contribution in [3.63, 3.8) is 0 Å². The maximum Gasteiger partial charge on any atom is 0.204 e. The summed E-state index contributed by atoms with van der Waals surface area (Å²) in [6.45, 7) is 3.96. The summed E-state index contributed by atoms with van der Waals surface area (Å²) in [6.07, 6.45) is 3.31. The van der Waals surface area contributed by atoms with Gasteiger partial charge in [0.1, 0.15) is 6.10 Å². The molecule has 0 aromatic heterocycles. The molecule has 1 aliphatic rings. The van der Waals surface area contributed by atoms with Crippen molar-refractivity contribution in [3.8, 4) is 0 Å². The third-order valence-corrected chi connectivity index (χ3v) is 4.07. The maximum atomic E-state index is 12.3. The standard InChI is InChI=1S/C16H26O5/c1-10(6-5-9-17)7-8-12-11(2)13(18)15(20-3)16(21-4)14(12)19/h7,11-12,14,17,19H,5-6,8-9H2,1-4H3. The lowest BCUT2D eigenvalue weighted by molar-refractivity contribution is -0.128. The molecule has 3 unspecified atom stereocenters. The molecular formula is C16H26O5. The molecule has 0 saturated carbocycles. The molecule has 3 atom stereocenters. The van der Waals surface area contributed by atoms with Gasteiger partial charge in [-0.3, -0.25) is 4.79 Å². The molecule has 0 aromatic rings. The molecule has 0 saturated heterocycles. The predicted octanol–water partition coefficient (Wildman–Crippen LogP) is 1.80. The summed E-state index contributed by atoms with van der Waals surface area (Å²) in [7, 11) is 2.84. The van der Waals surface area contributed by atoms with E-state index in [0.717, 1.165) is 18.4 Å². The van der Waals surface area contributed by atoms with Crippen LogP contribution in [0, 0.1) is 11.8 Å². The third kappa shape index (κ3) is 4.08. The van der Waals surface area contributed by atoms with E-state index in [1.807, 2.05) is 13.0 Å². The van der Waals surface area contributed by atoms with Gasteiger partial charge in [0.15, 0.2) is 5.76 Å². The summed E-state index contributed by atoms with van der Waals surface area (Å²) >= 11 is 0. The van der Waals surface area contributed by atoms with Gasteiger partial charge in [-0.25, -0.2) is 0 Å². The number of carbonyl (C=O) groups is 1. The molecule has 0 radical (unpaired) electrons. The van der Waals surface area contributed by atoms with Crippen LogP contribution in [-0.4, -0.2) is 42.9 Å². The van der Waals surface area contributed by atoms with E-state index < -0.39 is 6.10 Å². The number of hydrogen-bond donors (Lipinski definition) is 2. The Balaban J connectivity index is 2.89. The van der Waals surface area contributed by atoms with Crippen LogP contribution in [0.5, 0.6) is 0 Å². The number of methoxy groups -OCH3 is 2. The lowest BCUT2D eigenvalue weighted by Gasteiger charge is -2.33. The fourth-order valence-electron chi connectivity index (χ4n) is 2.67. The van der Waals surface area contributed by atoms with Gasteiger partial charge in [-0.1, -0.05) is 18.6 Å². The Morgan fingerprint density at radius 2 is 2.00 bits per heavy atom. The van der Waals surface area contributed by atoms with Crippen molar-refractivity contribution in [2.75, 3.05) is 20.8 Å². The Bertz CT molecular complexity index is 424. The summed E-state index contributed by atoms with van der Waals surface area (Å²) in [5, 5.41) is 19.2. The van der Waals surface area contributed by atoms with Gasteiger partial charge in [0.05, 0.1) is 14.2 Å². The predicted molar refractivity (Wildman–Crippen MR) is 79.4 cm³/mol. The SMILES string of the molecule is COC1=C(OC)C(O)C(CC=C(C)CCCO)C(C)C1=O. The first-order chi connectivity index (χ1) is 9.97. The average Bonchev–Trinajstić information content (AvgIpc) is 2.48. The second kappa shape index (κ2) is 8.20. The van der Waals surface area contributed by atoms with E-state index in [2.05, 4.69) is 0 Å². The summed E-state index contributed by atoms with van der Waals surface area (Å²) in [5.74, 6) is -0.348. The van der Waals surface area contributed by atoms with Crippen molar-refractivity contribution in [2.45, 2.75) is 39.2 Å². The van der Waals surface area contributed by atoms with Crippen LogP contribution >= 0.6 is 0 Å². The minimum Gasteiger partial charge on any atom is -0.494 e. The Labute approximate surface area is 126 Å². The highest BCUT2D eigenvalue weighted by Crippen LogP contribution is 2.35. The van der Waals surface area contributed by atoms with Gasteiger partial charge in [-0.05, 0) is 26.2 Å². The molecule has 0 spiro atoms. The van der Waals surface area contributed by atoms with Gasteiger partial charge in [0, 0.05) is 18.4 Å². The number of aliphatic hydroxyl groups is 2. The van der Waals surface area contributed by atoms with Crippen molar-refractivity contribution in [2.24, 2.45) is 11.8 Å². The number of ketones is 1. The fourth-order valence-corrected chi connectivity index (χ4v) is 2.67. The van der Waals surface area contributed by atoms with E-state index in [1.165, 1.54) is 14.2 Å². The molecule has 0 amide bonds. The van der Waals surface area contributed by atoms with Crippen LogP contribution in [0.25, 0.3) is 0 Å². The number of rotatable bonds is 7. The Morgan fingerprint density at radius 1 is 1.33 bits per heavy atom. The minimum absolute atomic E-state index is 0.120. The van der Waals surface area contributed by atoms with Crippen molar-refractivity contribution >= 4 is 5.78 Å². The zero-order chi connectivity index (χ0) is 16.0. The average molecular weight is 298 g/mol. The number of Topliss-reactive ketones (excluding diaryl/α,β-unsaturated/α-hetero) is 1. The van der Waals surface area contributed by atoms with Gasteiger partial charge < -0.3 is 19.7 Å². The van der Waals surface area contributed by atoms with Gasteiger partial charge >= 0.3 is 0 Å². The number of allylic oxidation sites excluding steroid dienone is 3. The number of carbonyl (C=O) groups excluding carboxylic acids is 1. The zero-order valence-electron chi connectivity index (χ0n) is 13.3. The second-order valence-corrected chi connectivity index (χ2v) is 5.48. The van der Waals surface area contributed by atoms with Crippen LogP contribution in [0.2, 0.25) is 0 Å². The second-order valence-electron chi connectivity index (χ2n) is 5.48. The van der Waals surface area contributed by atoms with Gasteiger partial charge in [-0.2, -0.15) is 0 Å². The van der Waals surface area contributed by atoms with Crippen molar-refractivity contribution in [1.29, 1.82) is 0 Å². The highest BCUT2D eigenvalue weighted by atomic mass is 16.5. The number of hydrogen-bond acceptors (Lipinski definition) is 5. The summed E-state index contributed by atoms with van der Waals surface area (Å²) in [4.78, 5) is 12.3. The molecule has 1 rings (SSSR count). The van der Waals surface area contributed by atoms with Crippen LogP contribution in [0.4, 0.5) is 0 Å². The smallest absolute Gasteiger partial charge is 0.204 e. The minimum atomic E-state index is -0.848. The maximum absolute atomic E-state index is 12.3. The van der Waals surface area contributed by atoms with E-state index in [1.54, 1.807) is 6.92 Å². The Hall–Kier alpha value is -1.33. The molecule has 5 heteroatoms. The molecule has 2 N–H and O–H groups in total. The normalized spacial score (nSPS) is 27.0. The highest BCUT2D eigenvalue weighted by molar-refractivity contribution is 5.97. The first-order valence-corrected chi connectivity index (χ1v) is 7.28. The van der Waals surface area contributed by atoms with E-state index in [4.69, 9.17) is 14.6 Å². The van der Waals surface area contributed by atoms with Crippen molar-refractivity contribution in [3.05, 3.63) is 23.2 Å². The molecule has 120 valence electrons. The zero-order valence-corrected chi connectivity index (χ0v) is 13.3. The molecule has 0 fully saturated rings. The number of aliphatic hydroxyl groups excluding tert-OH is 2. The number of ether oxygens (including phenoxy) is 2. The Morgan fingerprint density at radius 3 is 2.52 bits per heavy atom. The Kier molecular flexibility index (Phi) is 6.92. The molecule has 5 nitrogen and oxygen atoms in total. The molecule has 0 heterocycles. The molecule has 0 bridgehead atoms. The molecule has 21 heavy (non-hydrogen) atoms. The molecule has 0 aliphatic heterocycles. The third-order valence-electron chi connectivity index (χ3n) is 4.07. The van der Waals surface area contributed by atoms with Crippen LogP contribution in [0.15, 0.2) is 23.2 Å². The van der Waals surface area contributed by atoms with Gasteiger partial charge in [0.25, 0.3) is 0 Å². The van der Waals surface area contributed by atoms with Crippen LogP contribution in [0.3, 0.4) is 0 Å². The quantitative estimate of drug-likeness (QED) is 0.701. The van der Waals surface area contributed by atoms with E-state index in [9.17, 15) is 9.90 Å².